The summed E-state index contributed by atoms with van der Waals surface area (Å²) in [5.74, 6) is 0. The molecule has 10 heavy (non-hydrogen) atoms. The highest BCUT2D eigenvalue weighted by Gasteiger charge is 2.16. The first-order valence-corrected chi connectivity index (χ1v) is 3.50. The van der Waals surface area contributed by atoms with Gasteiger partial charge in [0, 0.05) is 0 Å². The molecule has 0 bridgehead atoms. The van der Waals surface area contributed by atoms with E-state index in [2.05, 4.69) is 9.83 Å². The quantitative estimate of drug-likeness (QED) is 0.611. The van der Waals surface area contributed by atoms with Crippen LogP contribution >= 0.6 is 22.9 Å². The summed E-state index contributed by atoms with van der Waals surface area (Å²) in [5.41, 5.74) is 0. The summed E-state index contributed by atoms with van der Waals surface area (Å²) < 4.78 is 0. The van der Waals surface area contributed by atoms with Crippen LogP contribution in [-0.4, -0.2) is 11.3 Å². The molecule has 0 amide bonds. The Kier molecular flexibility index (Phi) is 2.00. The average molecular weight is 174 g/mol. The van der Waals surface area contributed by atoms with Crippen LogP contribution in [0.1, 0.15) is 9.67 Å². The van der Waals surface area contributed by atoms with Gasteiger partial charge >= 0.3 is 5.13 Å². The first kappa shape index (κ1) is 7.19. The molecule has 0 atom stereocenters. The van der Waals surface area contributed by atoms with Crippen LogP contribution in [0.15, 0.2) is 0 Å². The molecule has 0 saturated carbocycles. The maximum Gasteiger partial charge on any atom is 0.487 e. The maximum absolute atomic E-state index is 10.2. The van der Waals surface area contributed by atoms with Crippen LogP contribution < -0.4 is 0 Å². The largest absolute Gasteiger partial charge is 0.487 e. The standard InChI is InChI=1S/C5H2ClN2OS/c1-7-5-8-4(6)3(2-9)10-5/h1-2H/q+1. The zero-order valence-corrected chi connectivity index (χ0v) is 6.32. The number of carbonyl (C=O) groups is 1. The van der Waals surface area contributed by atoms with Crippen molar-refractivity contribution in [2.75, 3.05) is 0 Å². The summed E-state index contributed by atoms with van der Waals surface area (Å²) in [6, 6.07) is 0. The van der Waals surface area contributed by atoms with Gasteiger partial charge < -0.3 is 0 Å². The van der Waals surface area contributed by atoms with Crippen molar-refractivity contribution >= 4 is 34.4 Å². The molecule has 0 aliphatic carbocycles. The molecule has 50 valence electrons. The van der Waals surface area contributed by atoms with Crippen molar-refractivity contribution in [1.82, 2.24) is 4.98 Å². The highest BCUT2D eigenvalue weighted by molar-refractivity contribution is 7.17. The molecule has 0 unspecified atom stereocenters. The van der Waals surface area contributed by atoms with E-state index >= 15 is 0 Å². The zero-order valence-electron chi connectivity index (χ0n) is 4.74. The number of carbonyl (C=O) groups excluding carboxylic acids is 1. The van der Waals surface area contributed by atoms with Crippen LogP contribution in [0.4, 0.5) is 5.13 Å². The number of halogens is 1. The molecular formula is C5H2ClN2OS+. The number of thiazole rings is 1. The van der Waals surface area contributed by atoms with Gasteiger partial charge in [-0.05, 0) is 27.9 Å². The Morgan fingerprint density at radius 2 is 2.50 bits per heavy atom. The predicted molar refractivity (Wildman–Crippen MR) is 40.5 cm³/mol. The van der Waals surface area contributed by atoms with Gasteiger partial charge in [-0.3, -0.25) is 4.79 Å². The van der Waals surface area contributed by atoms with E-state index in [-0.39, 0.29) is 5.15 Å². The van der Waals surface area contributed by atoms with Gasteiger partial charge in [-0.15, -0.1) is 4.85 Å². The summed E-state index contributed by atoms with van der Waals surface area (Å²) in [6.45, 7) is 4.89. The van der Waals surface area contributed by atoms with E-state index in [9.17, 15) is 4.79 Å². The van der Waals surface area contributed by atoms with Gasteiger partial charge in [-0.25, -0.2) is 0 Å². The van der Waals surface area contributed by atoms with Crippen LogP contribution in [0, 0.1) is 6.57 Å². The van der Waals surface area contributed by atoms with E-state index < -0.39 is 0 Å². The van der Waals surface area contributed by atoms with Crippen molar-refractivity contribution < 1.29 is 4.79 Å². The summed E-state index contributed by atoms with van der Waals surface area (Å²) in [5, 5.41) is 0.469. The first-order chi connectivity index (χ1) is 4.77. The molecule has 1 aromatic heterocycles. The van der Waals surface area contributed by atoms with E-state index in [1.54, 1.807) is 0 Å². The fourth-order valence-corrected chi connectivity index (χ4v) is 1.28. The van der Waals surface area contributed by atoms with Crippen molar-refractivity contribution in [3.63, 3.8) is 0 Å². The fourth-order valence-electron chi connectivity index (χ4n) is 0.430. The summed E-state index contributed by atoms with van der Waals surface area (Å²) in [6.07, 6.45) is 0.620. The Morgan fingerprint density at radius 3 is 2.80 bits per heavy atom. The van der Waals surface area contributed by atoms with Crippen LogP contribution in [0.5, 0.6) is 0 Å². The molecule has 0 aliphatic rings. The van der Waals surface area contributed by atoms with Gasteiger partial charge in [0.15, 0.2) is 6.29 Å². The van der Waals surface area contributed by atoms with Crippen LogP contribution in [0.25, 0.3) is 4.85 Å². The molecule has 0 aromatic carbocycles. The molecule has 0 saturated heterocycles. The lowest BCUT2D eigenvalue weighted by atomic mass is 10.6. The number of aromatic nitrogens is 1. The maximum atomic E-state index is 10.2. The Morgan fingerprint density at radius 1 is 1.80 bits per heavy atom. The topological polar surface area (TPSA) is 34.3 Å². The summed E-state index contributed by atoms with van der Waals surface area (Å²) >= 11 is 6.53. The molecule has 1 rings (SSSR count). The van der Waals surface area contributed by atoms with Crippen molar-refractivity contribution in [2.45, 2.75) is 0 Å². The third kappa shape index (κ3) is 1.15. The minimum atomic E-state index is 0.157. The minimum absolute atomic E-state index is 0.157. The lowest BCUT2D eigenvalue weighted by Crippen LogP contribution is -1.69. The summed E-state index contributed by atoms with van der Waals surface area (Å²) in [7, 11) is 0. The molecule has 1 heterocycles. The molecule has 0 spiro atoms. The SMILES string of the molecule is C#[N+]c1nc(Cl)c(C=O)s1. The lowest BCUT2D eigenvalue weighted by molar-refractivity contribution is 0.112. The predicted octanol–water partition coefficient (Wildman–Crippen LogP) is 2.20. The molecule has 5 heteroatoms. The number of nitrogens with zero attached hydrogens (tertiary/aromatic N) is 2. The molecule has 0 fully saturated rings. The van der Waals surface area contributed by atoms with E-state index in [1.807, 2.05) is 0 Å². The van der Waals surface area contributed by atoms with E-state index in [1.165, 1.54) is 0 Å². The van der Waals surface area contributed by atoms with Gasteiger partial charge in [0.1, 0.15) is 11.4 Å². The first-order valence-electron chi connectivity index (χ1n) is 2.30. The monoisotopic (exact) mass is 173 g/mol. The lowest BCUT2D eigenvalue weighted by Gasteiger charge is -1.67. The van der Waals surface area contributed by atoms with E-state index in [4.69, 9.17) is 18.2 Å². The second-order valence-corrected chi connectivity index (χ2v) is 2.77. The smallest absolute Gasteiger partial charge is 0.297 e. The second kappa shape index (κ2) is 2.78. The van der Waals surface area contributed by atoms with Crippen LogP contribution in [0.2, 0.25) is 5.15 Å². The minimum Gasteiger partial charge on any atom is -0.297 e. The average Bonchev–Trinajstić information content (AvgIpc) is 2.30. The van der Waals surface area contributed by atoms with E-state index in [0.717, 1.165) is 11.3 Å². The highest BCUT2D eigenvalue weighted by atomic mass is 35.5. The molecule has 0 aliphatic heterocycles. The van der Waals surface area contributed by atoms with Crippen molar-refractivity contribution in [3.8, 4) is 6.57 Å². The zero-order chi connectivity index (χ0) is 7.56. The van der Waals surface area contributed by atoms with Crippen LogP contribution in [0.3, 0.4) is 0 Å². The van der Waals surface area contributed by atoms with Gasteiger partial charge in [0.25, 0.3) is 5.15 Å². The Bertz CT molecular complexity index is 301. The van der Waals surface area contributed by atoms with Crippen molar-refractivity contribution in [3.05, 3.63) is 14.9 Å². The molecular weight excluding hydrogens is 172 g/mol. The Balaban J connectivity index is 3.19. The molecule has 3 nitrogen and oxygen atoms in total. The number of hydrogen-bond acceptors (Lipinski definition) is 3. The van der Waals surface area contributed by atoms with Crippen molar-refractivity contribution in [1.29, 1.82) is 0 Å². The Labute approximate surface area is 66.1 Å². The fraction of sp³-hybridized carbons (Fsp3) is 0. The number of rotatable bonds is 1. The van der Waals surface area contributed by atoms with Gasteiger partial charge in [0.2, 0.25) is 0 Å². The third-order valence-electron chi connectivity index (χ3n) is 0.816. The van der Waals surface area contributed by atoms with Gasteiger partial charge in [-0.1, -0.05) is 0 Å². The Hall–Kier alpha value is -0.920. The molecule has 0 radical (unpaired) electrons. The van der Waals surface area contributed by atoms with Gasteiger partial charge in [0.05, 0.1) is 0 Å². The highest BCUT2D eigenvalue weighted by Crippen LogP contribution is 2.26. The molecule has 0 N–H and O–H groups in total. The number of aldehydes is 1. The number of hydrogen-bond donors (Lipinski definition) is 0. The normalized spacial score (nSPS) is 8.80. The second-order valence-electron chi connectivity index (χ2n) is 1.40. The van der Waals surface area contributed by atoms with Crippen molar-refractivity contribution in [2.24, 2.45) is 0 Å². The summed E-state index contributed by atoms with van der Waals surface area (Å²) in [4.78, 5) is 17.4. The van der Waals surface area contributed by atoms with Gasteiger partial charge in [-0.2, -0.15) is 0 Å². The van der Waals surface area contributed by atoms with E-state index in [0.29, 0.717) is 16.3 Å². The van der Waals surface area contributed by atoms with Crippen LogP contribution in [-0.2, 0) is 0 Å². The third-order valence-corrected chi connectivity index (χ3v) is 2.10. The molecule has 1 aromatic rings.